The smallest absolute Gasteiger partial charge is 0.192 e. The number of aryl methyl sites for hydroxylation is 1. The van der Waals surface area contributed by atoms with Gasteiger partial charge in [0.15, 0.2) is 5.16 Å². The van der Waals surface area contributed by atoms with Gasteiger partial charge in [0.05, 0.1) is 0 Å². The third-order valence-electron chi connectivity index (χ3n) is 2.84. The molecule has 0 bridgehead atoms. The second kappa shape index (κ2) is 6.50. The summed E-state index contributed by atoms with van der Waals surface area (Å²) in [6.45, 7) is 4.12. The molecular weight excluding hydrogens is 322 g/mol. The zero-order chi connectivity index (χ0) is 13.8. The summed E-state index contributed by atoms with van der Waals surface area (Å²) in [5.74, 6) is 0. The maximum absolute atomic E-state index is 4.30. The molecule has 0 spiro atoms. The molecule has 100 valence electrons. The lowest BCUT2D eigenvalue weighted by molar-refractivity contribution is 0.649. The molecule has 0 amide bonds. The van der Waals surface area contributed by atoms with Crippen molar-refractivity contribution in [3.05, 3.63) is 46.2 Å². The van der Waals surface area contributed by atoms with Crippen LogP contribution >= 0.6 is 27.7 Å². The number of hydrogen-bond acceptors (Lipinski definition) is 4. The molecule has 2 rings (SSSR count). The Morgan fingerprint density at radius 3 is 2.53 bits per heavy atom. The van der Waals surface area contributed by atoms with Crippen molar-refractivity contribution < 1.29 is 0 Å². The van der Waals surface area contributed by atoms with E-state index in [-0.39, 0.29) is 0 Å². The van der Waals surface area contributed by atoms with Crippen molar-refractivity contribution >= 4 is 27.7 Å². The van der Waals surface area contributed by atoms with Crippen LogP contribution < -0.4 is 5.32 Å². The third-order valence-corrected chi connectivity index (χ3v) is 4.41. The van der Waals surface area contributed by atoms with Gasteiger partial charge in [0.1, 0.15) is 0 Å². The first-order valence-electron chi connectivity index (χ1n) is 6.03. The Morgan fingerprint density at radius 2 is 1.95 bits per heavy atom. The van der Waals surface area contributed by atoms with Crippen LogP contribution in [0.4, 0.5) is 0 Å². The Kier molecular flexibility index (Phi) is 4.96. The maximum atomic E-state index is 4.30. The highest BCUT2D eigenvalue weighted by atomic mass is 79.9. The monoisotopic (exact) mass is 337 g/mol. The summed E-state index contributed by atoms with van der Waals surface area (Å²) in [5.41, 5.74) is 2.32. The predicted octanol–water partition coefficient (Wildman–Crippen LogP) is 3.98. The first-order valence-corrected chi connectivity index (χ1v) is 7.64. The Hall–Kier alpha value is -0.910. The lowest BCUT2D eigenvalue weighted by atomic mass is 10.1. The fraction of sp³-hybridized carbons (Fsp3) is 0.286. The fourth-order valence-electron chi connectivity index (χ4n) is 1.62. The Labute approximate surface area is 126 Å². The third kappa shape index (κ3) is 3.78. The summed E-state index contributed by atoms with van der Waals surface area (Å²) < 4.78 is 1.10. The van der Waals surface area contributed by atoms with Gasteiger partial charge in [-0.05, 0) is 55.9 Å². The standard InChI is InChI=1S/C14H16BrN3S/c1-9-7-17-14(18-8-9)19-11-4-5-12(10(2)16-3)13(15)6-11/h4-8,10,16H,1-3H3. The molecule has 0 aliphatic rings. The molecule has 1 atom stereocenters. The Morgan fingerprint density at radius 1 is 1.26 bits per heavy atom. The number of aromatic nitrogens is 2. The van der Waals surface area contributed by atoms with Crippen LogP contribution in [0.15, 0.2) is 45.1 Å². The molecular formula is C14H16BrN3S. The minimum Gasteiger partial charge on any atom is -0.313 e. The van der Waals surface area contributed by atoms with E-state index in [4.69, 9.17) is 0 Å². The fourth-order valence-corrected chi connectivity index (χ4v) is 3.23. The van der Waals surface area contributed by atoms with Crippen molar-refractivity contribution in [1.29, 1.82) is 0 Å². The molecule has 0 radical (unpaired) electrons. The van der Waals surface area contributed by atoms with Gasteiger partial charge >= 0.3 is 0 Å². The van der Waals surface area contributed by atoms with Gasteiger partial charge in [-0.2, -0.15) is 0 Å². The van der Waals surface area contributed by atoms with Gasteiger partial charge in [0.2, 0.25) is 0 Å². The van der Waals surface area contributed by atoms with Gasteiger partial charge in [0.25, 0.3) is 0 Å². The molecule has 0 fully saturated rings. The van der Waals surface area contributed by atoms with Crippen LogP contribution in [-0.2, 0) is 0 Å². The topological polar surface area (TPSA) is 37.8 Å². The van der Waals surface area contributed by atoms with E-state index in [1.807, 2.05) is 26.4 Å². The number of rotatable bonds is 4. The highest BCUT2D eigenvalue weighted by Crippen LogP contribution is 2.31. The first-order chi connectivity index (χ1) is 9.10. The summed E-state index contributed by atoms with van der Waals surface area (Å²) in [6.07, 6.45) is 3.67. The lowest BCUT2D eigenvalue weighted by Gasteiger charge is -2.13. The average molecular weight is 338 g/mol. The van der Waals surface area contributed by atoms with E-state index in [1.54, 1.807) is 11.8 Å². The van der Waals surface area contributed by atoms with Crippen molar-refractivity contribution in [3.8, 4) is 0 Å². The zero-order valence-electron chi connectivity index (χ0n) is 11.1. The predicted molar refractivity (Wildman–Crippen MR) is 82.5 cm³/mol. The normalized spacial score (nSPS) is 12.4. The van der Waals surface area contributed by atoms with Crippen molar-refractivity contribution in [3.63, 3.8) is 0 Å². The molecule has 19 heavy (non-hydrogen) atoms. The SMILES string of the molecule is CNC(C)c1ccc(Sc2ncc(C)cn2)cc1Br. The van der Waals surface area contributed by atoms with E-state index in [9.17, 15) is 0 Å². The molecule has 1 aromatic heterocycles. The number of nitrogens with one attached hydrogen (secondary N) is 1. The van der Waals surface area contributed by atoms with E-state index in [0.717, 1.165) is 20.1 Å². The molecule has 2 aromatic rings. The highest BCUT2D eigenvalue weighted by Gasteiger charge is 2.09. The van der Waals surface area contributed by atoms with Crippen LogP contribution in [-0.4, -0.2) is 17.0 Å². The van der Waals surface area contributed by atoms with Crippen LogP contribution in [0.5, 0.6) is 0 Å². The van der Waals surface area contributed by atoms with Gasteiger partial charge in [-0.15, -0.1) is 0 Å². The van der Waals surface area contributed by atoms with E-state index in [1.165, 1.54) is 5.56 Å². The van der Waals surface area contributed by atoms with Crippen LogP contribution in [0.3, 0.4) is 0 Å². The van der Waals surface area contributed by atoms with E-state index in [2.05, 4.69) is 56.3 Å². The second-order valence-corrected chi connectivity index (χ2v) is 6.23. The molecule has 0 saturated heterocycles. The van der Waals surface area contributed by atoms with Crippen molar-refractivity contribution in [2.75, 3.05) is 7.05 Å². The van der Waals surface area contributed by atoms with E-state index in [0.29, 0.717) is 6.04 Å². The van der Waals surface area contributed by atoms with Crippen molar-refractivity contribution in [2.24, 2.45) is 0 Å². The Balaban J connectivity index is 2.18. The number of benzene rings is 1. The zero-order valence-corrected chi connectivity index (χ0v) is 13.5. The number of hydrogen-bond donors (Lipinski definition) is 1. The molecule has 1 aromatic carbocycles. The molecule has 1 unspecified atom stereocenters. The number of halogens is 1. The average Bonchev–Trinajstić information content (AvgIpc) is 2.41. The summed E-state index contributed by atoms with van der Waals surface area (Å²) >= 11 is 5.19. The largest absolute Gasteiger partial charge is 0.313 e. The van der Waals surface area contributed by atoms with Crippen LogP contribution in [0, 0.1) is 6.92 Å². The lowest BCUT2D eigenvalue weighted by Crippen LogP contribution is -2.12. The van der Waals surface area contributed by atoms with Gasteiger partial charge in [-0.1, -0.05) is 22.0 Å². The molecule has 0 saturated carbocycles. The molecule has 0 aliphatic carbocycles. The summed E-state index contributed by atoms with van der Waals surface area (Å²) in [6, 6.07) is 6.66. The summed E-state index contributed by atoms with van der Waals surface area (Å²) in [7, 11) is 1.96. The molecule has 1 N–H and O–H groups in total. The van der Waals surface area contributed by atoms with E-state index >= 15 is 0 Å². The highest BCUT2D eigenvalue weighted by molar-refractivity contribution is 9.10. The minimum atomic E-state index is 0.323. The molecule has 5 heteroatoms. The van der Waals surface area contributed by atoms with Crippen LogP contribution in [0.2, 0.25) is 0 Å². The maximum Gasteiger partial charge on any atom is 0.192 e. The summed E-state index contributed by atoms with van der Waals surface area (Å²) in [5, 5.41) is 4.01. The molecule has 1 heterocycles. The Bertz CT molecular complexity index is 557. The van der Waals surface area contributed by atoms with Crippen LogP contribution in [0.25, 0.3) is 0 Å². The second-order valence-electron chi connectivity index (χ2n) is 4.34. The quantitative estimate of drug-likeness (QED) is 0.856. The molecule has 0 aliphatic heterocycles. The van der Waals surface area contributed by atoms with Gasteiger partial charge < -0.3 is 5.32 Å². The molecule has 3 nitrogen and oxygen atoms in total. The van der Waals surface area contributed by atoms with Crippen molar-refractivity contribution in [1.82, 2.24) is 15.3 Å². The number of nitrogens with zero attached hydrogens (tertiary/aromatic N) is 2. The van der Waals surface area contributed by atoms with Gasteiger partial charge in [-0.25, -0.2) is 9.97 Å². The van der Waals surface area contributed by atoms with Crippen LogP contribution in [0.1, 0.15) is 24.1 Å². The van der Waals surface area contributed by atoms with Gasteiger partial charge in [-0.3, -0.25) is 0 Å². The summed E-state index contributed by atoms with van der Waals surface area (Å²) in [4.78, 5) is 9.73. The van der Waals surface area contributed by atoms with Gasteiger partial charge in [0, 0.05) is 27.8 Å². The van der Waals surface area contributed by atoms with Crippen molar-refractivity contribution in [2.45, 2.75) is 29.9 Å². The minimum absolute atomic E-state index is 0.323. The first kappa shape index (κ1) is 14.5. The van der Waals surface area contributed by atoms with E-state index < -0.39 is 0 Å².